The van der Waals surface area contributed by atoms with E-state index in [-0.39, 0.29) is 11.6 Å². The molecule has 0 heterocycles. The fraction of sp³-hybridized carbons (Fsp3) is 0.800. The third-order valence-electron chi connectivity index (χ3n) is 2.87. The van der Waals surface area contributed by atoms with E-state index in [9.17, 15) is 0 Å². The minimum Gasteiger partial charge on any atom is -0.316 e. The van der Waals surface area contributed by atoms with Gasteiger partial charge in [0.1, 0.15) is 0 Å². The van der Waals surface area contributed by atoms with Crippen molar-refractivity contribution in [3.8, 4) is 12.3 Å². The molecule has 0 aliphatic carbocycles. The highest BCUT2D eigenvalue weighted by Crippen LogP contribution is 2.23. The maximum absolute atomic E-state index is 5.90. The Morgan fingerprint density at radius 3 is 1.92 bits per heavy atom. The fourth-order valence-corrected chi connectivity index (χ4v) is 1.76. The number of hydrogen-bond acceptors (Lipinski definition) is 2. The first-order valence-electron chi connectivity index (χ1n) is 4.44. The lowest BCUT2D eigenvalue weighted by atomic mass is 9.84. The molecular formula is C10H20N2. The molecule has 0 aromatic heterocycles. The van der Waals surface area contributed by atoms with Crippen LogP contribution in [0.5, 0.6) is 0 Å². The zero-order chi connectivity index (χ0) is 9.78. The minimum absolute atomic E-state index is 0.0330. The molecule has 0 spiro atoms. The maximum atomic E-state index is 5.90. The van der Waals surface area contributed by atoms with Gasteiger partial charge < -0.3 is 10.6 Å². The van der Waals surface area contributed by atoms with Crippen molar-refractivity contribution in [2.24, 2.45) is 5.73 Å². The van der Waals surface area contributed by atoms with Crippen LogP contribution < -0.4 is 5.73 Å². The number of hydrogen-bond donors (Lipinski definition) is 1. The molecule has 2 heteroatoms. The van der Waals surface area contributed by atoms with Gasteiger partial charge in [-0.05, 0) is 26.9 Å². The van der Waals surface area contributed by atoms with Crippen LogP contribution in [0.15, 0.2) is 0 Å². The molecule has 2 N–H and O–H groups in total. The van der Waals surface area contributed by atoms with Crippen LogP contribution in [0, 0.1) is 12.3 Å². The monoisotopic (exact) mass is 168 g/mol. The molecule has 2 nitrogen and oxygen atoms in total. The summed E-state index contributed by atoms with van der Waals surface area (Å²) in [7, 11) is 4.06. The molecule has 1 atom stereocenters. The molecule has 0 aliphatic rings. The van der Waals surface area contributed by atoms with Crippen molar-refractivity contribution < 1.29 is 0 Å². The highest BCUT2D eigenvalue weighted by Gasteiger charge is 2.34. The topological polar surface area (TPSA) is 29.3 Å². The molecule has 0 amide bonds. The van der Waals surface area contributed by atoms with Gasteiger partial charge in [0.2, 0.25) is 0 Å². The summed E-state index contributed by atoms with van der Waals surface area (Å²) in [6.07, 6.45) is 7.32. The molecule has 12 heavy (non-hydrogen) atoms. The lowest BCUT2D eigenvalue weighted by Crippen LogP contribution is -2.56. The molecular weight excluding hydrogens is 148 g/mol. The first kappa shape index (κ1) is 11.5. The smallest absolute Gasteiger partial charge is 0.0848 e. The van der Waals surface area contributed by atoms with Crippen molar-refractivity contribution in [3.05, 3.63) is 0 Å². The largest absolute Gasteiger partial charge is 0.316 e. The Morgan fingerprint density at radius 2 is 1.83 bits per heavy atom. The second-order valence-corrected chi connectivity index (χ2v) is 3.35. The van der Waals surface area contributed by atoms with E-state index in [0.29, 0.717) is 0 Å². The van der Waals surface area contributed by atoms with Crippen LogP contribution in [0.3, 0.4) is 0 Å². The molecule has 0 bridgehead atoms. The summed E-state index contributed by atoms with van der Waals surface area (Å²) in [5.41, 5.74) is 5.86. The fourth-order valence-electron chi connectivity index (χ4n) is 1.76. The number of likely N-dealkylation sites (N-methyl/N-ethyl adjacent to an activating group) is 1. The highest BCUT2D eigenvalue weighted by molar-refractivity contribution is 5.11. The minimum atomic E-state index is -0.178. The molecule has 0 aromatic rings. The molecule has 0 radical (unpaired) electrons. The molecule has 0 aromatic carbocycles. The standard InChI is InChI=1S/C10H20N2/c1-6-9(11)10(7-2,8-3)12(4)5/h1,9H,7-8,11H2,2-5H3. The van der Waals surface area contributed by atoms with Crippen LogP contribution >= 0.6 is 0 Å². The summed E-state index contributed by atoms with van der Waals surface area (Å²) >= 11 is 0. The second-order valence-electron chi connectivity index (χ2n) is 3.35. The van der Waals surface area contributed by atoms with E-state index < -0.39 is 0 Å². The summed E-state index contributed by atoms with van der Waals surface area (Å²) in [4.78, 5) is 2.14. The normalized spacial score (nSPS) is 14.4. The summed E-state index contributed by atoms with van der Waals surface area (Å²) < 4.78 is 0. The number of rotatable bonds is 4. The second kappa shape index (κ2) is 4.49. The average Bonchev–Trinajstić information content (AvgIpc) is 2.06. The zero-order valence-corrected chi connectivity index (χ0v) is 8.59. The highest BCUT2D eigenvalue weighted by atomic mass is 15.2. The van der Waals surface area contributed by atoms with Crippen LogP contribution in [0.25, 0.3) is 0 Å². The summed E-state index contributed by atoms with van der Waals surface area (Å²) in [6.45, 7) is 4.25. The third-order valence-corrected chi connectivity index (χ3v) is 2.87. The van der Waals surface area contributed by atoms with E-state index in [1.807, 2.05) is 14.1 Å². The van der Waals surface area contributed by atoms with Gasteiger partial charge >= 0.3 is 0 Å². The van der Waals surface area contributed by atoms with Gasteiger partial charge in [0.25, 0.3) is 0 Å². The van der Waals surface area contributed by atoms with Crippen molar-refractivity contribution >= 4 is 0 Å². The van der Waals surface area contributed by atoms with Gasteiger partial charge in [-0.15, -0.1) is 6.42 Å². The molecule has 0 fully saturated rings. The van der Waals surface area contributed by atoms with Gasteiger partial charge in [-0.1, -0.05) is 19.8 Å². The average molecular weight is 168 g/mol. The Labute approximate surface area is 76.1 Å². The van der Waals surface area contributed by atoms with Crippen LogP contribution in [-0.2, 0) is 0 Å². The Bertz CT molecular complexity index is 163. The quantitative estimate of drug-likeness (QED) is 0.636. The van der Waals surface area contributed by atoms with Gasteiger partial charge in [0.05, 0.1) is 6.04 Å². The van der Waals surface area contributed by atoms with Crippen molar-refractivity contribution in [3.63, 3.8) is 0 Å². The van der Waals surface area contributed by atoms with Crippen molar-refractivity contribution in [2.45, 2.75) is 38.3 Å². The van der Waals surface area contributed by atoms with E-state index in [4.69, 9.17) is 12.2 Å². The predicted molar refractivity (Wildman–Crippen MR) is 53.8 cm³/mol. The zero-order valence-electron chi connectivity index (χ0n) is 8.59. The van der Waals surface area contributed by atoms with Crippen molar-refractivity contribution in [1.29, 1.82) is 0 Å². The van der Waals surface area contributed by atoms with E-state index in [1.165, 1.54) is 0 Å². The lowest BCUT2D eigenvalue weighted by Gasteiger charge is -2.41. The van der Waals surface area contributed by atoms with Gasteiger partial charge in [0.15, 0.2) is 0 Å². The summed E-state index contributed by atoms with van der Waals surface area (Å²) in [5.74, 6) is 2.63. The van der Waals surface area contributed by atoms with Crippen molar-refractivity contribution in [1.82, 2.24) is 4.90 Å². The van der Waals surface area contributed by atoms with Crippen molar-refractivity contribution in [2.75, 3.05) is 14.1 Å². The first-order valence-corrected chi connectivity index (χ1v) is 4.44. The van der Waals surface area contributed by atoms with Crippen LogP contribution in [-0.4, -0.2) is 30.6 Å². The molecule has 0 rings (SSSR count). The number of nitrogens with zero attached hydrogens (tertiary/aromatic N) is 1. The van der Waals surface area contributed by atoms with Crippen LogP contribution in [0.1, 0.15) is 26.7 Å². The molecule has 0 aliphatic heterocycles. The Hall–Kier alpha value is -0.520. The van der Waals surface area contributed by atoms with Gasteiger partial charge in [-0.2, -0.15) is 0 Å². The van der Waals surface area contributed by atoms with E-state index >= 15 is 0 Å². The predicted octanol–water partition coefficient (Wildman–Crippen LogP) is 1.07. The molecule has 0 saturated heterocycles. The number of terminal acetylenes is 1. The lowest BCUT2D eigenvalue weighted by molar-refractivity contribution is 0.126. The van der Waals surface area contributed by atoms with E-state index in [1.54, 1.807) is 0 Å². The van der Waals surface area contributed by atoms with Crippen LogP contribution in [0.2, 0.25) is 0 Å². The summed E-state index contributed by atoms with van der Waals surface area (Å²) in [6, 6.07) is -0.178. The van der Waals surface area contributed by atoms with Gasteiger partial charge in [0, 0.05) is 5.54 Å². The molecule has 70 valence electrons. The third kappa shape index (κ3) is 1.80. The van der Waals surface area contributed by atoms with Gasteiger partial charge in [-0.25, -0.2) is 0 Å². The SMILES string of the molecule is C#CC(N)C(CC)(CC)N(C)C. The van der Waals surface area contributed by atoms with E-state index in [0.717, 1.165) is 12.8 Å². The Morgan fingerprint density at radius 1 is 1.42 bits per heavy atom. The number of nitrogens with two attached hydrogens (primary N) is 1. The maximum Gasteiger partial charge on any atom is 0.0848 e. The molecule has 1 unspecified atom stereocenters. The van der Waals surface area contributed by atoms with Crippen LogP contribution in [0.4, 0.5) is 0 Å². The Balaban J connectivity index is 4.71. The molecule has 0 saturated carbocycles. The van der Waals surface area contributed by atoms with E-state index in [2.05, 4.69) is 24.7 Å². The Kier molecular flexibility index (Phi) is 4.30. The summed E-state index contributed by atoms with van der Waals surface area (Å²) in [5, 5.41) is 0. The first-order chi connectivity index (χ1) is 5.55. The van der Waals surface area contributed by atoms with Gasteiger partial charge in [-0.3, -0.25) is 0 Å².